The second-order valence-corrected chi connectivity index (χ2v) is 7.36. The Morgan fingerprint density at radius 1 is 1.21 bits per heavy atom. The molecule has 24 heavy (non-hydrogen) atoms. The van der Waals surface area contributed by atoms with Gasteiger partial charge in [0.1, 0.15) is 4.83 Å². The van der Waals surface area contributed by atoms with E-state index in [4.69, 9.17) is 0 Å². The Balaban J connectivity index is 1.82. The van der Waals surface area contributed by atoms with Crippen molar-refractivity contribution in [3.63, 3.8) is 0 Å². The zero-order valence-corrected chi connectivity index (χ0v) is 14.4. The predicted molar refractivity (Wildman–Crippen MR) is 92.5 cm³/mol. The number of aryl methyl sites for hydroxylation is 1. The first-order valence-corrected chi connectivity index (χ1v) is 8.74. The van der Waals surface area contributed by atoms with E-state index < -0.39 is 5.91 Å². The number of hydrogen-bond donors (Lipinski definition) is 1. The highest BCUT2D eigenvalue weighted by Crippen LogP contribution is 2.32. The number of thiophene rings is 1. The molecule has 0 fully saturated rings. The van der Waals surface area contributed by atoms with Crippen LogP contribution in [0.2, 0.25) is 0 Å². The molecule has 0 atom stereocenters. The number of rotatable bonds is 3. The van der Waals surface area contributed by atoms with Gasteiger partial charge in [-0.15, -0.1) is 22.7 Å². The van der Waals surface area contributed by atoms with Gasteiger partial charge in [0.25, 0.3) is 11.8 Å². The molecule has 0 spiro atoms. The number of carbonyl (C=O) groups is 2. The van der Waals surface area contributed by atoms with Gasteiger partial charge in [0.15, 0.2) is 16.6 Å². The average Bonchev–Trinajstić information content (AvgIpc) is 3.23. The first-order valence-electron chi connectivity index (χ1n) is 7.04. The standard InChI is InChI=1S/C15H11N5O2S2/c1-7-5-10(21)20(15(7)22)19-11-9-6-8(2)24-13(9)18-12(17-11)14-16-3-4-23-14/h3-6H,1-2H3,(H,17,18,19). The van der Waals surface area contributed by atoms with Crippen LogP contribution >= 0.6 is 22.7 Å². The molecule has 3 aromatic heterocycles. The summed E-state index contributed by atoms with van der Waals surface area (Å²) in [6.07, 6.45) is 2.98. The topological polar surface area (TPSA) is 88.1 Å². The normalized spacial score (nSPS) is 14.6. The third kappa shape index (κ3) is 2.38. The summed E-state index contributed by atoms with van der Waals surface area (Å²) in [6.45, 7) is 3.57. The smallest absolute Gasteiger partial charge is 0.271 e. The van der Waals surface area contributed by atoms with Gasteiger partial charge in [-0.1, -0.05) is 0 Å². The summed E-state index contributed by atoms with van der Waals surface area (Å²) in [4.78, 5) is 39.2. The van der Waals surface area contributed by atoms with E-state index in [0.717, 1.165) is 20.1 Å². The quantitative estimate of drug-likeness (QED) is 0.725. The van der Waals surface area contributed by atoms with E-state index in [-0.39, 0.29) is 5.91 Å². The lowest BCUT2D eigenvalue weighted by atomic mass is 10.3. The molecule has 1 aliphatic heterocycles. The summed E-state index contributed by atoms with van der Waals surface area (Å²) >= 11 is 2.95. The largest absolute Gasteiger partial charge is 0.275 e. The minimum Gasteiger partial charge on any atom is -0.271 e. The van der Waals surface area contributed by atoms with Crippen molar-refractivity contribution < 1.29 is 9.59 Å². The van der Waals surface area contributed by atoms with Crippen LogP contribution in [0.1, 0.15) is 11.8 Å². The Morgan fingerprint density at radius 3 is 2.71 bits per heavy atom. The number of aromatic nitrogens is 3. The number of thiazole rings is 1. The third-order valence-electron chi connectivity index (χ3n) is 3.46. The summed E-state index contributed by atoms with van der Waals surface area (Å²) in [5.41, 5.74) is 3.23. The van der Waals surface area contributed by atoms with E-state index in [1.54, 1.807) is 13.1 Å². The fourth-order valence-corrected chi connectivity index (χ4v) is 3.80. The monoisotopic (exact) mass is 357 g/mol. The molecule has 1 N–H and O–H groups in total. The summed E-state index contributed by atoms with van der Waals surface area (Å²) in [5.74, 6) is 0.0894. The van der Waals surface area contributed by atoms with Crippen LogP contribution in [-0.4, -0.2) is 31.8 Å². The van der Waals surface area contributed by atoms with Crippen LogP contribution < -0.4 is 5.43 Å². The van der Waals surface area contributed by atoms with Crippen molar-refractivity contribution in [1.82, 2.24) is 20.0 Å². The van der Waals surface area contributed by atoms with Gasteiger partial charge in [-0.05, 0) is 19.9 Å². The van der Waals surface area contributed by atoms with E-state index in [1.807, 2.05) is 18.4 Å². The maximum absolute atomic E-state index is 12.1. The lowest BCUT2D eigenvalue weighted by molar-refractivity contribution is -0.135. The maximum atomic E-state index is 12.1. The molecule has 0 unspecified atom stereocenters. The molecule has 120 valence electrons. The average molecular weight is 357 g/mol. The maximum Gasteiger partial charge on any atom is 0.275 e. The van der Waals surface area contributed by atoms with Crippen molar-refractivity contribution >= 4 is 50.5 Å². The lowest BCUT2D eigenvalue weighted by Gasteiger charge is -2.17. The number of nitrogens with one attached hydrogen (secondary N) is 1. The summed E-state index contributed by atoms with van der Waals surface area (Å²) in [7, 11) is 0. The SMILES string of the molecule is CC1=CC(=O)N(Nc2nc(-c3nccs3)nc3sc(C)cc23)C1=O. The molecule has 0 aromatic carbocycles. The highest BCUT2D eigenvalue weighted by atomic mass is 32.1. The summed E-state index contributed by atoms with van der Waals surface area (Å²) in [6, 6.07) is 1.93. The predicted octanol–water partition coefficient (Wildman–Crippen LogP) is 2.77. The van der Waals surface area contributed by atoms with Crippen LogP contribution in [0.25, 0.3) is 21.0 Å². The van der Waals surface area contributed by atoms with Gasteiger partial charge in [0, 0.05) is 28.1 Å². The van der Waals surface area contributed by atoms with Crippen molar-refractivity contribution in [3.05, 3.63) is 34.2 Å². The van der Waals surface area contributed by atoms with Crippen LogP contribution in [0.4, 0.5) is 5.82 Å². The van der Waals surface area contributed by atoms with Crippen LogP contribution in [0.15, 0.2) is 29.3 Å². The number of amides is 2. The Hall–Kier alpha value is -2.65. The van der Waals surface area contributed by atoms with Gasteiger partial charge in [0.05, 0.1) is 5.39 Å². The van der Waals surface area contributed by atoms with Gasteiger partial charge in [-0.2, -0.15) is 5.01 Å². The number of nitrogens with zero attached hydrogens (tertiary/aromatic N) is 4. The van der Waals surface area contributed by atoms with Crippen molar-refractivity contribution in [1.29, 1.82) is 0 Å². The Bertz CT molecular complexity index is 1010. The second kappa shape index (κ2) is 5.46. The minimum atomic E-state index is -0.410. The van der Waals surface area contributed by atoms with Crippen molar-refractivity contribution in [2.24, 2.45) is 0 Å². The molecular weight excluding hydrogens is 346 g/mol. The van der Waals surface area contributed by atoms with Crippen LogP contribution in [0.5, 0.6) is 0 Å². The van der Waals surface area contributed by atoms with Gasteiger partial charge >= 0.3 is 0 Å². The number of anilines is 1. The van der Waals surface area contributed by atoms with Gasteiger partial charge < -0.3 is 0 Å². The zero-order valence-electron chi connectivity index (χ0n) is 12.7. The van der Waals surface area contributed by atoms with Crippen molar-refractivity contribution in [2.75, 3.05) is 5.43 Å². The summed E-state index contributed by atoms with van der Waals surface area (Å²) < 4.78 is 0. The zero-order chi connectivity index (χ0) is 16.8. The Morgan fingerprint density at radius 2 is 2.04 bits per heavy atom. The second-order valence-electron chi connectivity index (χ2n) is 5.23. The molecular formula is C15H11N5O2S2. The highest BCUT2D eigenvalue weighted by molar-refractivity contribution is 7.18. The van der Waals surface area contributed by atoms with Crippen molar-refractivity contribution in [3.8, 4) is 10.8 Å². The lowest BCUT2D eigenvalue weighted by Crippen LogP contribution is -2.36. The Kier molecular flexibility index (Phi) is 3.39. The molecule has 0 saturated heterocycles. The molecule has 0 saturated carbocycles. The fraction of sp³-hybridized carbons (Fsp3) is 0.133. The number of hydrogen-bond acceptors (Lipinski definition) is 8. The van der Waals surface area contributed by atoms with E-state index in [0.29, 0.717) is 22.2 Å². The molecule has 4 heterocycles. The Labute approximate surface area is 144 Å². The molecule has 2 amide bonds. The molecule has 3 aromatic rings. The van der Waals surface area contributed by atoms with Gasteiger partial charge in [-0.3, -0.25) is 15.0 Å². The number of fused-ring (bicyclic) bond motifs is 1. The van der Waals surface area contributed by atoms with Crippen molar-refractivity contribution in [2.45, 2.75) is 13.8 Å². The fourth-order valence-electron chi connectivity index (χ4n) is 2.36. The van der Waals surface area contributed by atoms with E-state index >= 15 is 0 Å². The van der Waals surface area contributed by atoms with Crippen LogP contribution in [0, 0.1) is 6.92 Å². The first-order chi connectivity index (χ1) is 11.5. The summed E-state index contributed by atoms with van der Waals surface area (Å²) in [5, 5.41) is 4.26. The van der Waals surface area contributed by atoms with E-state index in [2.05, 4.69) is 20.4 Å². The van der Waals surface area contributed by atoms with Crippen LogP contribution in [0.3, 0.4) is 0 Å². The van der Waals surface area contributed by atoms with Gasteiger partial charge in [0.2, 0.25) is 0 Å². The van der Waals surface area contributed by atoms with Crippen LogP contribution in [-0.2, 0) is 9.59 Å². The third-order valence-corrected chi connectivity index (χ3v) is 5.17. The van der Waals surface area contributed by atoms with E-state index in [9.17, 15) is 9.59 Å². The molecule has 1 aliphatic rings. The number of hydrazine groups is 1. The molecule has 0 radical (unpaired) electrons. The number of carbonyl (C=O) groups excluding carboxylic acids is 2. The molecule has 7 nitrogen and oxygen atoms in total. The number of imide groups is 1. The molecule has 9 heteroatoms. The minimum absolute atomic E-state index is 0.380. The van der Waals surface area contributed by atoms with E-state index in [1.165, 1.54) is 28.7 Å². The molecule has 4 rings (SSSR count). The molecule has 0 bridgehead atoms. The first kappa shape index (κ1) is 14.9. The van der Waals surface area contributed by atoms with Gasteiger partial charge in [-0.25, -0.2) is 15.0 Å². The highest BCUT2D eigenvalue weighted by Gasteiger charge is 2.29. The molecule has 0 aliphatic carbocycles.